The normalized spacial score (nSPS) is 11.3. The molecule has 0 bridgehead atoms. The van der Waals surface area contributed by atoms with Crippen molar-refractivity contribution >= 4 is 46.5 Å². The zero-order chi connectivity index (χ0) is 27.4. The van der Waals surface area contributed by atoms with Crippen LogP contribution in [0.1, 0.15) is 49.7 Å². The highest BCUT2D eigenvalue weighted by atomic mass is 35.5. The fourth-order valence-corrected chi connectivity index (χ4v) is 4.99. The summed E-state index contributed by atoms with van der Waals surface area (Å²) in [7, 11) is 0. The molecule has 0 radical (unpaired) electrons. The number of nitrogens with one attached hydrogen (secondary N) is 3. The van der Waals surface area contributed by atoms with E-state index in [0.29, 0.717) is 75.2 Å². The second kappa shape index (κ2) is 12.2. The quantitative estimate of drug-likeness (QED) is 0.192. The van der Waals surface area contributed by atoms with E-state index in [1.165, 1.54) is 0 Å². The van der Waals surface area contributed by atoms with Gasteiger partial charge in [0.2, 0.25) is 0 Å². The van der Waals surface area contributed by atoms with Crippen LogP contribution < -0.4 is 16.2 Å². The lowest BCUT2D eigenvalue weighted by Crippen LogP contribution is -2.29. The molecule has 0 fully saturated rings. The Morgan fingerprint density at radius 1 is 1.08 bits per heavy atom. The van der Waals surface area contributed by atoms with E-state index in [9.17, 15) is 9.59 Å². The number of rotatable bonds is 9. The molecule has 4 rings (SSSR count). The molecule has 2 aliphatic rings. The number of carbonyl (C=O) groups is 1. The fourth-order valence-electron chi connectivity index (χ4n) is 4.01. The third-order valence-corrected chi connectivity index (χ3v) is 6.64. The molecule has 2 aromatic rings. The molecule has 0 unspecified atom stereocenters. The molecule has 0 atom stereocenters. The van der Waals surface area contributed by atoms with Crippen LogP contribution in [0.5, 0.6) is 0 Å². The highest BCUT2D eigenvalue weighted by Crippen LogP contribution is 2.36. The maximum atomic E-state index is 13.1. The van der Waals surface area contributed by atoms with Crippen molar-refractivity contribution in [1.82, 2.24) is 25.1 Å². The van der Waals surface area contributed by atoms with Gasteiger partial charge in [-0.2, -0.15) is 4.98 Å². The molecule has 200 valence electrons. The molecule has 2 heterocycles. The Hall–Kier alpha value is -3.11. The van der Waals surface area contributed by atoms with Crippen LogP contribution in [-0.4, -0.2) is 44.0 Å². The van der Waals surface area contributed by atoms with E-state index >= 15 is 0 Å². The van der Waals surface area contributed by atoms with Crippen molar-refractivity contribution in [2.24, 2.45) is 0 Å². The van der Waals surface area contributed by atoms with Gasteiger partial charge in [0.15, 0.2) is 5.82 Å². The van der Waals surface area contributed by atoms with Gasteiger partial charge in [0, 0.05) is 30.3 Å². The van der Waals surface area contributed by atoms with Crippen molar-refractivity contribution in [3.63, 3.8) is 0 Å². The SMILES string of the molecule is CC(C)c1[nH]n(-c2c(Cl)cc(Cl)cc2Cl)c2nc(Cc3ccc(NC(=O)NCCCCO)cc3)nc(=O)c1-2. The van der Waals surface area contributed by atoms with E-state index in [0.717, 1.165) is 5.56 Å². The minimum absolute atomic E-state index is 0.0160. The molecule has 0 aliphatic carbocycles. The summed E-state index contributed by atoms with van der Waals surface area (Å²) in [5.41, 5.74) is 2.54. The van der Waals surface area contributed by atoms with Crippen LogP contribution >= 0.6 is 34.8 Å². The lowest BCUT2D eigenvalue weighted by atomic mass is 10.1. The molecule has 2 amide bonds. The number of aliphatic hydroxyl groups is 1. The maximum absolute atomic E-state index is 13.1. The van der Waals surface area contributed by atoms with Gasteiger partial charge in [-0.25, -0.2) is 14.5 Å². The zero-order valence-corrected chi connectivity index (χ0v) is 23.1. The Morgan fingerprint density at radius 3 is 2.39 bits per heavy atom. The number of hydrogen-bond acceptors (Lipinski definition) is 5. The van der Waals surface area contributed by atoms with Gasteiger partial charge >= 0.3 is 6.03 Å². The van der Waals surface area contributed by atoms with Gasteiger partial charge in [0.1, 0.15) is 17.1 Å². The van der Waals surface area contributed by atoms with Gasteiger partial charge in [-0.3, -0.25) is 9.89 Å². The molecule has 12 heteroatoms. The van der Waals surface area contributed by atoms with Crippen LogP contribution in [0.15, 0.2) is 41.2 Å². The third kappa shape index (κ3) is 6.30. The lowest BCUT2D eigenvalue weighted by molar-refractivity contribution is 0.250. The Balaban J connectivity index is 1.61. The van der Waals surface area contributed by atoms with Crippen molar-refractivity contribution in [1.29, 1.82) is 0 Å². The average molecular weight is 578 g/mol. The van der Waals surface area contributed by atoms with Crippen molar-refractivity contribution in [3.8, 4) is 17.1 Å². The molecule has 38 heavy (non-hydrogen) atoms. The summed E-state index contributed by atoms with van der Waals surface area (Å²) in [5, 5.41) is 18.5. The van der Waals surface area contributed by atoms with Crippen molar-refractivity contribution in [2.75, 3.05) is 18.5 Å². The lowest BCUT2D eigenvalue weighted by Gasteiger charge is -2.12. The minimum Gasteiger partial charge on any atom is -0.396 e. The summed E-state index contributed by atoms with van der Waals surface area (Å²) in [6, 6.07) is 10.0. The van der Waals surface area contributed by atoms with E-state index in [1.54, 1.807) is 28.9 Å². The number of H-pyrrole nitrogens is 1. The van der Waals surface area contributed by atoms with Gasteiger partial charge < -0.3 is 15.7 Å². The number of aromatic amines is 1. The Kier molecular flexibility index (Phi) is 8.94. The number of carbonyl (C=O) groups excluding carboxylic acids is 1. The molecule has 2 aromatic carbocycles. The Bertz CT molecular complexity index is 1440. The van der Waals surface area contributed by atoms with Crippen molar-refractivity contribution < 1.29 is 9.90 Å². The highest BCUT2D eigenvalue weighted by Gasteiger charge is 2.27. The highest BCUT2D eigenvalue weighted by molar-refractivity contribution is 6.40. The van der Waals surface area contributed by atoms with Crippen LogP contribution in [0.2, 0.25) is 15.1 Å². The van der Waals surface area contributed by atoms with E-state index in [-0.39, 0.29) is 18.6 Å². The van der Waals surface area contributed by atoms with Crippen molar-refractivity contribution in [3.05, 3.63) is 78.9 Å². The summed E-state index contributed by atoms with van der Waals surface area (Å²) in [6.45, 7) is 4.49. The summed E-state index contributed by atoms with van der Waals surface area (Å²) in [5.74, 6) is 0.678. The first-order valence-electron chi connectivity index (χ1n) is 12.1. The second-order valence-electron chi connectivity index (χ2n) is 9.06. The molecular weight excluding hydrogens is 551 g/mol. The summed E-state index contributed by atoms with van der Waals surface area (Å²) < 4.78 is 1.60. The van der Waals surface area contributed by atoms with E-state index < -0.39 is 5.56 Å². The number of amides is 2. The number of fused-ring (bicyclic) bond motifs is 1. The molecule has 0 saturated carbocycles. The number of anilines is 1. The van der Waals surface area contributed by atoms with Gasteiger partial charge in [0.05, 0.1) is 15.7 Å². The smallest absolute Gasteiger partial charge is 0.319 e. The minimum atomic E-state index is -0.402. The number of halogens is 3. The van der Waals surface area contributed by atoms with E-state index in [1.807, 2.05) is 26.0 Å². The number of aromatic nitrogens is 4. The van der Waals surface area contributed by atoms with Crippen molar-refractivity contribution in [2.45, 2.75) is 39.0 Å². The zero-order valence-electron chi connectivity index (χ0n) is 20.8. The molecule has 0 spiro atoms. The number of aliphatic hydroxyl groups excluding tert-OH is 1. The largest absolute Gasteiger partial charge is 0.396 e. The molecule has 0 aromatic heterocycles. The maximum Gasteiger partial charge on any atom is 0.319 e. The average Bonchev–Trinajstić information content (AvgIpc) is 3.22. The monoisotopic (exact) mass is 576 g/mol. The summed E-state index contributed by atoms with van der Waals surface area (Å²) >= 11 is 19.1. The number of benzene rings is 2. The van der Waals surface area contributed by atoms with Crippen LogP contribution in [0.25, 0.3) is 17.1 Å². The first-order valence-corrected chi connectivity index (χ1v) is 13.2. The number of hydrogen-bond donors (Lipinski definition) is 4. The van der Waals surface area contributed by atoms with Crippen LogP contribution in [0, 0.1) is 0 Å². The predicted octanol–water partition coefficient (Wildman–Crippen LogP) is 5.63. The predicted molar refractivity (Wildman–Crippen MR) is 150 cm³/mol. The molecule has 0 saturated heterocycles. The second-order valence-corrected chi connectivity index (χ2v) is 10.3. The third-order valence-electron chi connectivity index (χ3n) is 5.84. The van der Waals surface area contributed by atoms with Gasteiger partial charge in [0.25, 0.3) is 5.56 Å². The Morgan fingerprint density at radius 2 is 1.76 bits per heavy atom. The number of nitrogens with zero attached hydrogens (tertiary/aromatic N) is 3. The molecule has 9 nitrogen and oxygen atoms in total. The molecule has 4 N–H and O–H groups in total. The van der Waals surface area contributed by atoms with Gasteiger partial charge in [-0.05, 0) is 48.6 Å². The number of urea groups is 1. The summed E-state index contributed by atoms with van der Waals surface area (Å²) in [6.07, 6.45) is 1.63. The first kappa shape index (κ1) is 27.9. The topological polar surface area (TPSA) is 125 Å². The van der Waals surface area contributed by atoms with Crippen LogP contribution in [0.3, 0.4) is 0 Å². The van der Waals surface area contributed by atoms with Gasteiger partial charge in [-0.15, -0.1) is 0 Å². The van der Waals surface area contributed by atoms with Gasteiger partial charge in [-0.1, -0.05) is 60.8 Å². The van der Waals surface area contributed by atoms with Crippen LogP contribution in [-0.2, 0) is 6.42 Å². The summed E-state index contributed by atoms with van der Waals surface area (Å²) in [4.78, 5) is 34.1. The molecule has 2 aliphatic heterocycles. The number of unbranched alkanes of at least 4 members (excludes halogenated alkanes) is 1. The Labute approximate surface area is 234 Å². The van der Waals surface area contributed by atoms with E-state index in [2.05, 4.69) is 20.7 Å². The first-order chi connectivity index (χ1) is 18.2. The fraction of sp³-hybridized carbons (Fsp3) is 0.308. The van der Waals surface area contributed by atoms with E-state index in [4.69, 9.17) is 44.9 Å². The standard InChI is InChI=1S/C26H27Cl3N6O3/c1-14(2)22-21-24(35(34-22)23-18(28)12-16(27)13-19(23)29)32-20(33-25(21)37)11-15-5-7-17(8-6-15)31-26(38)30-9-3-4-10-36/h5-8,12-14,34,36H,3-4,9-11H2,1-2H3,(H2,30,31,38). The van der Waals surface area contributed by atoms with Crippen LogP contribution in [0.4, 0.5) is 10.5 Å². The molecular formula is C26H27Cl3N6O3.